The summed E-state index contributed by atoms with van der Waals surface area (Å²) < 4.78 is 11.0. The number of ether oxygens (including phenoxy) is 2. The van der Waals surface area contributed by atoms with Crippen LogP contribution >= 0.6 is 0 Å². The third-order valence-electron chi connectivity index (χ3n) is 3.41. The molecule has 0 heterocycles. The second-order valence-electron chi connectivity index (χ2n) is 4.93. The summed E-state index contributed by atoms with van der Waals surface area (Å²) in [6.45, 7) is 2.52. The first-order chi connectivity index (χ1) is 10.1. The number of carbonyl (C=O) groups is 1. The van der Waals surface area contributed by atoms with E-state index in [1.807, 2.05) is 13.0 Å². The standard InChI is InChI=1S/C17H20O4/c1-3-11-21-17(20-2)10-9-14(15(18)12-17)16(19)13-7-5-4-6-8-13/h4-10,18H,3,11-12H2,1-2H3. The fourth-order valence-corrected chi connectivity index (χ4v) is 2.22. The third kappa shape index (κ3) is 3.40. The highest BCUT2D eigenvalue weighted by Crippen LogP contribution is 2.31. The van der Waals surface area contributed by atoms with Gasteiger partial charge in [0.2, 0.25) is 0 Å². The van der Waals surface area contributed by atoms with Gasteiger partial charge in [0.15, 0.2) is 11.6 Å². The highest BCUT2D eigenvalue weighted by Gasteiger charge is 2.34. The van der Waals surface area contributed by atoms with E-state index in [1.165, 1.54) is 7.11 Å². The fraction of sp³-hybridized carbons (Fsp3) is 0.353. The summed E-state index contributed by atoms with van der Waals surface area (Å²) >= 11 is 0. The Morgan fingerprint density at radius 2 is 2.05 bits per heavy atom. The number of benzene rings is 1. The maximum absolute atomic E-state index is 12.4. The van der Waals surface area contributed by atoms with Gasteiger partial charge in [-0.3, -0.25) is 4.79 Å². The first kappa shape index (κ1) is 15.5. The molecule has 0 radical (unpaired) electrons. The first-order valence-corrected chi connectivity index (χ1v) is 7.02. The molecule has 4 heteroatoms. The average Bonchev–Trinajstić information content (AvgIpc) is 2.53. The maximum atomic E-state index is 12.4. The highest BCUT2D eigenvalue weighted by molar-refractivity contribution is 6.11. The smallest absolute Gasteiger partial charge is 0.196 e. The molecule has 1 unspecified atom stereocenters. The Balaban J connectivity index is 2.21. The van der Waals surface area contributed by atoms with Crippen LogP contribution in [0.4, 0.5) is 0 Å². The van der Waals surface area contributed by atoms with Gasteiger partial charge in [-0.25, -0.2) is 0 Å². The van der Waals surface area contributed by atoms with E-state index in [0.29, 0.717) is 12.2 Å². The number of rotatable bonds is 6. The predicted molar refractivity (Wildman–Crippen MR) is 80.2 cm³/mol. The van der Waals surface area contributed by atoms with Crippen molar-refractivity contribution >= 4 is 5.78 Å². The van der Waals surface area contributed by atoms with Crippen molar-refractivity contribution in [2.75, 3.05) is 13.7 Å². The van der Waals surface area contributed by atoms with Crippen LogP contribution in [0, 0.1) is 0 Å². The zero-order valence-corrected chi connectivity index (χ0v) is 12.3. The molecule has 112 valence electrons. The molecule has 0 fully saturated rings. The van der Waals surface area contributed by atoms with E-state index in [-0.39, 0.29) is 23.5 Å². The van der Waals surface area contributed by atoms with Gasteiger partial charge in [-0.05, 0) is 18.6 Å². The highest BCUT2D eigenvalue weighted by atomic mass is 16.7. The minimum absolute atomic E-state index is 0.00990. The molecule has 4 nitrogen and oxygen atoms in total. The monoisotopic (exact) mass is 288 g/mol. The van der Waals surface area contributed by atoms with Crippen LogP contribution < -0.4 is 0 Å². The molecule has 21 heavy (non-hydrogen) atoms. The third-order valence-corrected chi connectivity index (χ3v) is 3.41. The van der Waals surface area contributed by atoms with E-state index in [9.17, 15) is 9.90 Å². The van der Waals surface area contributed by atoms with Crippen molar-refractivity contribution in [3.05, 3.63) is 59.4 Å². The van der Waals surface area contributed by atoms with E-state index >= 15 is 0 Å². The summed E-state index contributed by atoms with van der Waals surface area (Å²) in [7, 11) is 1.53. The molecule has 1 atom stereocenters. The van der Waals surface area contributed by atoms with E-state index in [0.717, 1.165) is 6.42 Å². The molecular formula is C17H20O4. The Hall–Kier alpha value is -1.91. The number of ketones is 1. The van der Waals surface area contributed by atoms with Crippen molar-refractivity contribution in [2.24, 2.45) is 0 Å². The van der Waals surface area contributed by atoms with E-state index < -0.39 is 5.79 Å². The van der Waals surface area contributed by atoms with Gasteiger partial charge in [0.1, 0.15) is 5.76 Å². The molecule has 1 N–H and O–H groups in total. The van der Waals surface area contributed by atoms with Gasteiger partial charge in [0, 0.05) is 12.7 Å². The van der Waals surface area contributed by atoms with Crippen molar-refractivity contribution in [1.82, 2.24) is 0 Å². The van der Waals surface area contributed by atoms with E-state index in [4.69, 9.17) is 9.47 Å². The van der Waals surface area contributed by atoms with Crippen LogP contribution in [0.2, 0.25) is 0 Å². The van der Waals surface area contributed by atoms with Crippen LogP contribution in [0.15, 0.2) is 53.8 Å². The van der Waals surface area contributed by atoms with Gasteiger partial charge in [-0.2, -0.15) is 0 Å². The number of Topliss-reactive ketones (excluding diaryl/α,β-unsaturated/α-hetero) is 1. The molecule has 0 saturated heterocycles. The zero-order valence-electron chi connectivity index (χ0n) is 12.3. The number of allylic oxidation sites excluding steroid dienone is 2. The van der Waals surface area contributed by atoms with Gasteiger partial charge < -0.3 is 14.6 Å². The van der Waals surface area contributed by atoms with Crippen molar-refractivity contribution in [3.8, 4) is 0 Å². The number of aliphatic hydroxyl groups excluding tert-OH is 1. The second kappa shape index (κ2) is 6.70. The number of carbonyl (C=O) groups excluding carboxylic acids is 1. The summed E-state index contributed by atoms with van der Waals surface area (Å²) in [6.07, 6.45) is 4.25. The van der Waals surface area contributed by atoms with Crippen LogP contribution in [-0.4, -0.2) is 30.4 Å². The zero-order chi connectivity index (χ0) is 15.3. The Bertz CT molecular complexity index is 559. The van der Waals surface area contributed by atoms with Crippen molar-refractivity contribution in [2.45, 2.75) is 25.6 Å². The van der Waals surface area contributed by atoms with E-state index in [1.54, 1.807) is 36.4 Å². The lowest BCUT2D eigenvalue weighted by Crippen LogP contribution is -2.36. The van der Waals surface area contributed by atoms with E-state index in [2.05, 4.69) is 0 Å². The maximum Gasteiger partial charge on any atom is 0.196 e. The van der Waals surface area contributed by atoms with Crippen molar-refractivity contribution < 1.29 is 19.4 Å². The van der Waals surface area contributed by atoms with Crippen LogP contribution in [0.5, 0.6) is 0 Å². The SMILES string of the molecule is CCCOC1(OC)C=CC(C(=O)c2ccccc2)=C(O)C1. The molecule has 1 aromatic rings. The van der Waals surface area contributed by atoms with Crippen LogP contribution in [-0.2, 0) is 9.47 Å². The van der Waals surface area contributed by atoms with Gasteiger partial charge in [0.05, 0.1) is 18.6 Å². The molecule has 0 saturated carbocycles. The Morgan fingerprint density at radius 1 is 1.33 bits per heavy atom. The summed E-state index contributed by atoms with van der Waals surface area (Å²) in [6, 6.07) is 8.88. The summed E-state index contributed by atoms with van der Waals surface area (Å²) in [5.41, 5.74) is 0.831. The quantitative estimate of drug-likeness (QED) is 0.644. The fourth-order valence-electron chi connectivity index (χ4n) is 2.22. The van der Waals surface area contributed by atoms with Gasteiger partial charge >= 0.3 is 0 Å². The topological polar surface area (TPSA) is 55.8 Å². The van der Waals surface area contributed by atoms with Crippen LogP contribution in [0.1, 0.15) is 30.1 Å². The number of aliphatic hydroxyl groups is 1. The Kier molecular flexibility index (Phi) is 4.94. The minimum atomic E-state index is -0.986. The van der Waals surface area contributed by atoms with Crippen molar-refractivity contribution in [3.63, 3.8) is 0 Å². The number of hydrogen-bond donors (Lipinski definition) is 1. The molecule has 0 amide bonds. The number of hydrogen-bond acceptors (Lipinski definition) is 4. The Labute approximate surface area is 124 Å². The summed E-state index contributed by atoms with van der Waals surface area (Å²) in [5, 5.41) is 10.2. The lowest BCUT2D eigenvalue weighted by molar-refractivity contribution is -0.191. The molecule has 1 aliphatic carbocycles. The molecule has 1 aromatic carbocycles. The predicted octanol–water partition coefficient (Wildman–Crippen LogP) is 3.41. The largest absolute Gasteiger partial charge is 0.511 e. The summed E-state index contributed by atoms with van der Waals surface area (Å²) in [5.74, 6) is -1.20. The molecular weight excluding hydrogens is 268 g/mol. The molecule has 0 bridgehead atoms. The number of methoxy groups -OCH3 is 1. The van der Waals surface area contributed by atoms with Gasteiger partial charge in [-0.15, -0.1) is 0 Å². The van der Waals surface area contributed by atoms with Crippen LogP contribution in [0.3, 0.4) is 0 Å². The normalized spacial score (nSPS) is 21.6. The molecule has 0 aromatic heterocycles. The minimum Gasteiger partial charge on any atom is -0.511 e. The van der Waals surface area contributed by atoms with Gasteiger partial charge in [-0.1, -0.05) is 37.3 Å². The lowest BCUT2D eigenvalue weighted by atomic mass is 9.94. The molecule has 2 rings (SSSR count). The molecule has 0 aliphatic heterocycles. The molecule has 1 aliphatic rings. The van der Waals surface area contributed by atoms with Crippen molar-refractivity contribution in [1.29, 1.82) is 0 Å². The molecule has 0 spiro atoms. The Morgan fingerprint density at radius 3 is 2.62 bits per heavy atom. The summed E-state index contributed by atoms with van der Waals surface area (Å²) in [4.78, 5) is 12.4. The lowest BCUT2D eigenvalue weighted by Gasteiger charge is -2.31. The van der Waals surface area contributed by atoms with Crippen LogP contribution in [0.25, 0.3) is 0 Å². The first-order valence-electron chi connectivity index (χ1n) is 7.02. The second-order valence-corrected chi connectivity index (χ2v) is 4.93. The van der Waals surface area contributed by atoms with Gasteiger partial charge in [0.25, 0.3) is 0 Å². The average molecular weight is 288 g/mol.